The Morgan fingerprint density at radius 1 is 0.344 bits per heavy atom. The summed E-state index contributed by atoms with van der Waals surface area (Å²) in [5.41, 5.74) is 23.8. The van der Waals surface area contributed by atoms with Crippen molar-refractivity contribution in [3.63, 3.8) is 0 Å². The van der Waals surface area contributed by atoms with E-state index < -0.39 is 0 Å². The second-order valence-corrected chi connectivity index (χ2v) is 21.6. The molecule has 0 saturated carbocycles. The molecule has 0 fully saturated rings. The standard InChI is InChI=1S/C54H44B2N4Se/c1-53(2,3)33-25-29-35(30-26-33)57-39-17-9-7-15-37(39)55-47-43(57)21-13-23-45(47)59-41-19-11-12-20-42(41)60-46-24-14-22-44-48(46)56(52-50(60)49(59)51(55)61-52)38-16-8-10-18-40(38)58(44)36-31-27-34(28-32-36)54(4,5)6/h7-32H,1-6H3. The average Bonchev–Trinajstić information content (AvgIpc) is 3.66. The molecule has 1 aromatic heterocycles. The van der Waals surface area contributed by atoms with Crippen molar-refractivity contribution < 1.29 is 0 Å². The van der Waals surface area contributed by atoms with Crippen LogP contribution in [0.4, 0.5) is 68.2 Å². The Hall–Kier alpha value is -6.13. The first kappa shape index (κ1) is 35.6. The number of benzene rings is 7. The van der Waals surface area contributed by atoms with Crippen molar-refractivity contribution in [2.45, 2.75) is 52.4 Å². The minimum atomic E-state index is 0.0570. The van der Waals surface area contributed by atoms with Crippen LogP contribution in [-0.4, -0.2) is 27.9 Å². The van der Waals surface area contributed by atoms with Crippen molar-refractivity contribution in [3.8, 4) is 0 Å². The molecule has 7 heteroatoms. The molecule has 0 aliphatic carbocycles. The molecule has 0 radical (unpaired) electrons. The molecule has 0 saturated heterocycles. The molecule has 61 heavy (non-hydrogen) atoms. The predicted molar refractivity (Wildman–Crippen MR) is 262 cm³/mol. The Kier molecular flexibility index (Phi) is 7.15. The second-order valence-electron chi connectivity index (χ2n) is 19.4. The number of anilines is 12. The van der Waals surface area contributed by atoms with Gasteiger partial charge in [0.25, 0.3) is 0 Å². The van der Waals surface area contributed by atoms with Gasteiger partial charge in [-0.25, -0.2) is 0 Å². The van der Waals surface area contributed by atoms with Gasteiger partial charge in [0.2, 0.25) is 0 Å². The predicted octanol–water partition coefficient (Wildman–Crippen LogP) is 9.82. The third-order valence-electron chi connectivity index (χ3n) is 13.9. The van der Waals surface area contributed by atoms with Gasteiger partial charge in [0.05, 0.1) is 0 Å². The van der Waals surface area contributed by atoms with Crippen LogP contribution in [0.1, 0.15) is 52.7 Å². The molecule has 5 aliphatic rings. The van der Waals surface area contributed by atoms with Gasteiger partial charge in [-0.1, -0.05) is 0 Å². The number of nitrogens with zero attached hydrogens (tertiary/aromatic N) is 4. The minimum absolute atomic E-state index is 0.0570. The first-order valence-electron chi connectivity index (χ1n) is 21.7. The van der Waals surface area contributed by atoms with Crippen LogP contribution in [0.15, 0.2) is 158 Å². The summed E-state index contributed by atoms with van der Waals surface area (Å²) in [5.74, 6) is 0. The van der Waals surface area contributed by atoms with Crippen LogP contribution >= 0.6 is 0 Å². The Morgan fingerprint density at radius 2 is 0.672 bits per heavy atom. The zero-order chi connectivity index (χ0) is 41.1. The molecule has 0 N–H and O–H groups in total. The first-order valence-corrected chi connectivity index (χ1v) is 23.4. The topological polar surface area (TPSA) is 13.0 Å². The molecule has 7 aromatic carbocycles. The van der Waals surface area contributed by atoms with E-state index in [4.69, 9.17) is 0 Å². The third-order valence-corrected chi connectivity index (χ3v) is 16.6. The molecule has 0 amide bonds. The van der Waals surface area contributed by atoms with E-state index in [-0.39, 0.29) is 38.8 Å². The Balaban J connectivity index is 1.07. The molecule has 292 valence electrons. The summed E-state index contributed by atoms with van der Waals surface area (Å²) >= 11 is 0.0570. The zero-order valence-corrected chi connectivity index (χ0v) is 37.1. The summed E-state index contributed by atoms with van der Waals surface area (Å²) < 4.78 is 3.14. The summed E-state index contributed by atoms with van der Waals surface area (Å²) in [5, 5.41) is 0. The van der Waals surface area contributed by atoms with Gasteiger partial charge < -0.3 is 0 Å². The van der Waals surface area contributed by atoms with Gasteiger partial charge in [-0.05, 0) is 0 Å². The van der Waals surface area contributed by atoms with Gasteiger partial charge in [0.15, 0.2) is 0 Å². The van der Waals surface area contributed by atoms with Crippen molar-refractivity contribution in [2.75, 3.05) is 19.6 Å². The van der Waals surface area contributed by atoms with Crippen LogP contribution < -0.4 is 50.1 Å². The van der Waals surface area contributed by atoms with Crippen molar-refractivity contribution in [1.82, 2.24) is 0 Å². The molecule has 0 atom stereocenters. The van der Waals surface area contributed by atoms with Crippen molar-refractivity contribution in [1.29, 1.82) is 0 Å². The van der Waals surface area contributed by atoms with Crippen LogP contribution in [0.3, 0.4) is 0 Å². The molecule has 5 aliphatic heterocycles. The Morgan fingerprint density at radius 3 is 1.05 bits per heavy atom. The van der Waals surface area contributed by atoms with Gasteiger partial charge in [0.1, 0.15) is 0 Å². The van der Waals surface area contributed by atoms with Gasteiger partial charge in [-0.3, -0.25) is 0 Å². The molecule has 13 rings (SSSR count). The van der Waals surface area contributed by atoms with E-state index in [1.807, 2.05) is 0 Å². The van der Waals surface area contributed by atoms with E-state index in [1.54, 1.807) is 8.67 Å². The summed E-state index contributed by atoms with van der Waals surface area (Å²) in [6.07, 6.45) is 0. The van der Waals surface area contributed by atoms with E-state index in [0.717, 1.165) is 0 Å². The van der Waals surface area contributed by atoms with Crippen LogP contribution in [-0.2, 0) is 10.8 Å². The number of hydrogen-bond donors (Lipinski definition) is 0. The fraction of sp³-hybridized carbons (Fsp3) is 0.148. The van der Waals surface area contributed by atoms with E-state index in [2.05, 4.69) is 219 Å². The molecule has 6 heterocycles. The van der Waals surface area contributed by atoms with Crippen molar-refractivity contribution in [2.24, 2.45) is 0 Å². The summed E-state index contributed by atoms with van der Waals surface area (Å²) in [4.78, 5) is 10.4. The fourth-order valence-corrected chi connectivity index (χ4v) is 14.3. The SMILES string of the molecule is CC(C)(C)c1ccc(N2c3ccccc3B3c4[se]c5c6c4N(c4ccccc4N6c4cccc6c4B5c4ccccc4N6c4ccc(C(C)(C)C)cc4)c4cccc2c43)cc1. The average molecular weight is 850 g/mol. The number of hydrogen-bond acceptors (Lipinski definition) is 4. The summed E-state index contributed by atoms with van der Waals surface area (Å²) in [7, 11) is 0. The fourth-order valence-electron chi connectivity index (χ4n) is 11.1. The maximum atomic E-state index is 2.65. The van der Waals surface area contributed by atoms with Crippen molar-refractivity contribution >= 4 is 127 Å². The van der Waals surface area contributed by atoms with Crippen molar-refractivity contribution in [3.05, 3.63) is 169 Å². The number of fused-ring (bicyclic) bond motifs is 11. The van der Waals surface area contributed by atoms with Crippen LogP contribution in [0, 0.1) is 0 Å². The molecular weight excluding hydrogens is 805 g/mol. The zero-order valence-electron chi connectivity index (χ0n) is 35.4. The van der Waals surface area contributed by atoms with Crippen LogP contribution in [0.25, 0.3) is 0 Å². The van der Waals surface area contributed by atoms with E-state index in [1.165, 1.54) is 101 Å². The molecular formula is C54H44B2N4Se. The molecule has 0 bridgehead atoms. The second kappa shape index (κ2) is 12.2. The molecule has 4 nitrogen and oxygen atoms in total. The van der Waals surface area contributed by atoms with E-state index >= 15 is 0 Å². The van der Waals surface area contributed by atoms with Gasteiger partial charge in [-0.2, -0.15) is 0 Å². The van der Waals surface area contributed by atoms with Gasteiger partial charge >= 0.3 is 368 Å². The van der Waals surface area contributed by atoms with Crippen LogP contribution in [0.2, 0.25) is 0 Å². The third kappa shape index (κ3) is 4.74. The normalized spacial score (nSPS) is 14.9. The van der Waals surface area contributed by atoms with Crippen LogP contribution in [0.5, 0.6) is 0 Å². The van der Waals surface area contributed by atoms with Gasteiger partial charge in [0, 0.05) is 0 Å². The monoisotopic (exact) mass is 850 g/mol. The van der Waals surface area contributed by atoms with Gasteiger partial charge in [-0.15, -0.1) is 0 Å². The molecule has 0 spiro atoms. The molecule has 8 aromatic rings. The Labute approximate surface area is 365 Å². The quantitative estimate of drug-likeness (QED) is 0.161. The summed E-state index contributed by atoms with van der Waals surface area (Å²) in [6.45, 7) is 14.1. The number of rotatable bonds is 2. The van der Waals surface area contributed by atoms with E-state index in [0.29, 0.717) is 0 Å². The maximum absolute atomic E-state index is 2.65. The van der Waals surface area contributed by atoms with E-state index in [9.17, 15) is 0 Å². The first-order chi connectivity index (χ1) is 29.6. The summed E-state index contributed by atoms with van der Waals surface area (Å²) in [6, 6.07) is 60.3. The molecule has 0 unspecified atom stereocenters. The Bertz CT molecular complexity index is 2950. The number of para-hydroxylation sites is 4.